The summed E-state index contributed by atoms with van der Waals surface area (Å²) in [5.41, 5.74) is 2.29. The maximum atomic E-state index is 10.4. The van der Waals surface area contributed by atoms with Gasteiger partial charge in [0.25, 0.3) is 0 Å². The van der Waals surface area contributed by atoms with E-state index < -0.39 is 6.10 Å². The van der Waals surface area contributed by atoms with E-state index in [1.54, 1.807) is 6.07 Å². The summed E-state index contributed by atoms with van der Waals surface area (Å²) in [7, 11) is 2.19. The van der Waals surface area contributed by atoms with Crippen LogP contribution in [0.5, 0.6) is 11.5 Å². The lowest BCUT2D eigenvalue weighted by Gasteiger charge is -2.56. The zero-order valence-electron chi connectivity index (χ0n) is 12.0. The van der Waals surface area contributed by atoms with Crippen molar-refractivity contribution in [3.8, 4) is 11.5 Å². The largest absolute Gasteiger partial charge is 0.504 e. The summed E-state index contributed by atoms with van der Waals surface area (Å²) in [5.74, 6) is 1.19. The average Bonchev–Trinajstić information content (AvgIpc) is 2.83. The zero-order valence-corrected chi connectivity index (χ0v) is 12.0. The van der Waals surface area contributed by atoms with Gasteiger partial charge in [0.05, 0.1) is 0 Å². The molecule has 5 atom stereocenters. The topological polar surface area (TPSA) is 52.9 Å². The number of aromatic hydroxyl groups is 1. The van der Waals surface area contributed by atoms with Crippen molar-refractivity contribution in [3.63, 3.8) is 0 Å². The minimum atomic E-state index is -0.594. The molecule has 21 heavy (non-hydrogen) atoms. The summed E-state index contributed by atoms with van der Waals surface area (Å²) in [6, 6.07) is 4.23. The van der Waals surface area contributed by atoms with Crippen LogP contribution in [0.2, 0.25) is 0 Å². The van der Waals surface area contributed by atoms with Gasteiger partial charge in [0.15, 0.2) is 11.5 Å². The van der Waals surface area contributed by atoms with Crippen molar-refractivity contribution < 1.29 is 14.9 Å². The van der Waals surface area contributed by atoms with Crippen LogP contribution in [0, 0.1) is 5.92 Å². The first-order chi connectivity index (χ1) is 10.1. The van der Waals surface area contributed by atoms with Gasteiger partial charge in [0, 0.05) is 22.9 Å². The standard InChI is InChI=1S/C17H19NO3/c1-18-7-6-17-10-3-5-13(20)16(17)21-15-12(19)4-2-9(14(15)17)8-11(10)18/h2-5,10-11,13,16,19-20H,6-8H2,1H3/t10?,11-,13+,16?,17+/m1/s1. The minimum absolute atomic E-state index is 0.160. The number of benzene rings is 1. The van der Waals surface area contributed by atoms with Crippen molar-refractivity contribution in [1.29, 1.82) is 0 Å². The predicted octanol–water partition coefficient (Wildman–Crippen LogP) is 1.20. The van der Waals surface area contributed by atoms with Crippen LogP contribution < -0.4 is 4.74 Å². The smallest absolute Gasteiger partial charge is 0.165 e. The van der Waals surface area contributed by atoms with E-state index in [2.05, 4.69) is 18.0 Å². The fourth-order valence-electron chi connectivity index (χ4n) is 5.24. The molecule has 2 aliphatic heterocycles. The van der Waals surface area contributed by atoms with Gasteiger partial charge in [0.2, 0.25) is 0 Å². The van der Waals surface area contributed by atoms with E-state index >= 15 is 0 Å². The third kappa shape index (κ3) is 1.21. The molecule has 1 aromatic rings. The van der Waals surface area contributed by atoms with E-state index in [0.717, 1.165) is 19.4 Å². The highest BCUT2D eigenvalue weighted by Gasteiger charge is 2.64. The number of likely N-dealkylation sites (N-methyl/N-ethyl adjacent to an activating group) is 1. The van der Waals surface area contributed by atoms with E-state index in [0.29, 0.717) is 17.7 Å². The highest BCUT2D eigenvalue weighted by Crippen LogP contribution is 2.62. The second-order valence-electron chi connectivity index (χ2n) is 6.93. The molecule has 0 radical (unpaired) electrons. The molecule has 2 N–H and O–H groups in total. The predicted molar refractivity (Wildman–Crippen MR) is 77.6 cm³/mol. The minimum Gasteiger partial charge on any atom is -0.504 e. The summed E-state index contributed by atoms with van der Waals surface area (Å²) in [6.07, 6.45) is 5.18. The molecular weight excluding hydrogens is 266 g/mol. The number of aliphatic hydroxyl groups excluding tert-OH is 1. The summed E-state index contributed by atoms with van der Waals surface area (Å²) in [4.78, 5) is 2.43. The van der Waals surface area contributed by atoms with Gasteiger partial charge in [0.1, 0.15) is 12.2 Å². The van der Waals surface area contributed by atoms with E-state index in [4.69, 9.17) is 4.74 Å². The molecule has 4 aliphatic rings. The molecule has 4 heteroatoms. The second kappa shape index (κ2) is 3.62. The number of ether oxygens (including phenoxy) is 1. The Hall–Kier alpha value is -1.52. The number of rotatable bonds is 0. The van der Waals surface area contributed by atoms with Crippen LogP contribution in [0.4, 0.5) is 0 Å². The molecule has 1 aromatic carbocycles. The number of phenolic OH excluding ortho intramolecular Hbond substituents is 1. The van der Waals surface area contributed by atoms with Crippen molar-refractivity contribution in [3.05, 3.63) is 35.4 Å². The van der Waals surface area contributed by atoms with Crippen LogP contribution >= 0.6 is 0 Å². The lowest BCUT2D eigenvalue weighted by molar-refractivity contribution is -0.0453. The molecule has 2 heterocycles. The number of likely N-dealkylation sites (tertiary alicyclic amines) is 1. The van der Waals surface area contributed by atoms with Gasteiger partial charge in [-0.2, -0.15) is 0 Å². The lowest BCUT2D eigenvalue weighted by Crippen LogP contribution is -2.64. The maximum absolute atomic E-state index is 10.4. The van der Waals surface area contributed by atoms with Crippen molar-refractivity contribution >= 4 is 0 Å². The van der Waals surface area contributed by atoms with Gasteiger partial charge in [-0.15, -0.1) is 0 Å². The molecule has 0 amide bonds. The maximum Gasteiger partial charge on any atom is 0.165 e. The average molecular weight is 285 g/mol. The molecule has 2 aliphatic carbocycles. The highest BCUT2D eigenvalue weighted by atomic mass is 16.5. The van der Waals surface area contributed by atoms with Crippen molar-refractivity contribution in [2.24, 2.45) is 5.92 Å². The first kappa shape index (κ1) is 12.1. The first-order valence-electron chi connectivity index (χ1n) is 7.71. The van der Waals surface area contributed by atoms with Crippen LogP contribution in [0.1, 0.15) is 17.5 Å². The van der Waals surface area contributed by atoms with E-state index in [1.807, 2.05) is 12.1 Å². The SMILES string of the molecule is CN1CC[C@]23c4c5ccc(O)c4OC2[C@@H](O)C=CC3[C@H]1C5. The quantitative estimate of drug-likeness (QED) is 0.703. The first-order valence-corrected chi connectivity index (χ1v) is 7.71. The van der Waals surface area contributed by atoms with Crippen LogP contribution in [0.25, 0.3) is 0 Å². The van der Waals surface area contributed by atoms with E-state index in [1.165, 1.54) is 11.1 Å². The third-order valence-corrected chi connectivity index (χ3v) is 6.15. The molecule has 2 unspecified atom stereocenters. The molecule has 2 bridgehead atoms. The van der Waals surface area contributed by atoms with Gasteiger partial charge < -0.3 is 19.8 Å². The Morgan fingerprint density at radius 1 is 1.33 bits per heavy atom. The van der Waals surface area contributed by atoms with E-state index in [-0.39, 0.29) is 17.3 Å². The van der Waals surface area contributed by atoms with Crippen molar-refractivity contribution in [2.75, 3.05) is 13.6 Å². The number of hydrogen-bond acceptors (Lipinski definition) is 4. The molecule has 1 saturated heterocycles. The summed E-state index contributed by atoms with van der Waals surface area (Å²) < 4.78 is 6.09. The number of aliphatic hydroxyl groups is 1. The highest BCUT2D eigenvalue weighted by molar-refractivity contribution is 5.61. The molecular formula is C17H19NO3. The number of phenols is 1. The Morgan fingerprint density at radius 2 is 2.19 bits per heavy atom. The number of piperidine rings is 1. The van der Waals surface area contributed by atoms with Crippen molar-refractivity contribution in [1.82, 2.24) is 4.90 Å². The Morgan fingerprint density at radius 3 is 3.05 bits per heavy atom. The van der Waals surface area contributed by atoms with Crippen LogP contribution in [-0.4, -0.2) is 47.0 Å². The molecule has 0 saturated carbocycles. The summed E-state index contributed by atoms with van der Waals surface area (Å²) >= 11 is 0. The molecule has 4 nitrogen and oxygen atoms in total. The Bertz CT molecular complexity index is 670. The molecule has 110 valence electrons. The second-order valence-corrected chi connectivity index (χ2v) is 6.93. The van der Waals surface area contributed by atoms with Crippen LogP contribution in [0.15, 0.2) is 24.3 Å². The van der Waals surface area contributed by atoms with Gasteiger partial charge in [-0.05, 0) is 38.1 Å². The fraction of sp³-hybridized carbons (Fsp3) is 0.529. The van der Waals surface area contributed by atoms with Crippen LogP contribution in [-0.2, 0) is 11.8 Å². The number of nitrogens with zero attached hydrogens (tertiary/aromatic N) is 1. The summed E-state index contributed by atoms with van der Waals surface area (Å²) in [6.45, 7) is 1.01. The number of hydrogen-bond donors (Lipinski definition) is 2. The Balaban J connectivity index is 1.84. The van der Waals surface area contributed by atoms with E-state index in [9.17, 15) is 10.2 Å². The normalized spacial score (nSPS) is 42.6. The van der Waals surface area contributed by atoms with Gasteiger partial charge in [-0.1, -0.05) is 18.2 Å². The van der Waals surface area contributed by atoms with Gasteiger partial charge in [-0.3, -0.25) is 0 Å². The molecule has 0 aromatic heterocycles. The Kier molecular flexibility index (Phi) is 2.08. The Labute approximate surface area is 123 Å². The fourth-order valence-corrected chi connectivity index (χ4v) is 5.24. The van der Waals surface area contributed by atoms with Gasteiger partial charge >= 0.3 is 0 Å². The zero-order chi connectivity index (χ0) is 14.4. The molecule has 1 spiro atoms. The van der Waals surface area contributed by atoms with Crippen LogP contribution in [0.3, 0.4) is 0 Å². The summed E-state index contributed by atoms with van der Waals surface area (Å²) in [5, 5.41) is 20.6. The van der Waals surface area contributed by atoms with Gasteiger partial charge in [-0.25, -0.2) is 0 Å². The molecule has 5 rings (SSSR count). The monoisotopic (exact) mass is 285 g/mol. The molecule has 1 fully saturated rings. The third-order valence-electron chi connectivity index (χ3n) is 6.15. The van der Waals surface area contributed by atoms with Crippen molar-refractivity contribution in [2.45, 2.75) is 36.5 Å². The lowest BCUT2D eigenvalue weighted by atomic mass is 9.53.